The second-order valence-corrected chi connectivity index (χ2v) is 6.36. The highest BCUT2D eigenvalue weighted by molar-refractivity contribution is 5.86. The summed E-state index contributed by atoms with van der Waals surface area (Å²) in [6.07, 6.45) is -3.52. The topological polar surface area (TPSA) is 41.9 Å². The van der Waals surface area contributed by atoms with Crippen LogP contribution >= 0.6 is 0 Å². The lowest BCUT2D eigenvalue weighted by Crippen LogP contribution is -2.59. The summed E-state index contributed by atoms with van der Waals surface area (Å²) in [6, 6.07) is 6.74. The molecule has 24 heavy (non-hydrogen) atoms. The lowest BCUT2D eigenvalue weighted by molar-refractivity contribution is -0.197. The fourth-order valence-electron chi connectivity index (χ4n) is 3.19. The van der Waals surface area contributed by atoms with Gasteiger partial charge < -0.3 is 9.64 Å². The number of nitrogens with zero attached hydrogens (tertiary/aromatic N) is 2. The molecule has 0 bridgehead atoms. The van der Waals surface area contributed by atoms with Crippen LogP contribution in [0.4, 0.5) is 13.2 Å². The zero-order valence-electron chi connectivity index (χ0n) is 13.9. The van der Waals surface area contributed by atoms with E-state index in [1.165, 1.54) is 0 Å². The Labute approximate surface area is 139 Å². The summed E-state index contributed by atoms with van der Waals surface area (Å²) < 4.78 is 46.2. The molecule has 0 aromatic heterocycles. The number of aliphatic imine (C=N–C) groups is 1. The van der Waals surface area contributed by atoms with Crippen LogP contribution in [0, 0.1) is 5.92 Å². The van der Waals surface area contributed by atoms with Crippen LogP contribution in [0.25, 0.3) is 0 Å². The summed E-state index contributed by atoms with van der Waals surface area (Å²) in [5, 5.41) is 0. The molecule has 0 saturated heterocycles. The van der Waals surface area contributed by atoms with E-state index in [9.17, 15) is 18.0 Å². The van der Waals surface area contributed by atoms with Gasteiger partial charge in [-0.2, -0.15) is 13.2 Å². The normalized spacial score (nSPS) is 23.8. The molecule has 0 amide bonds. The van der Waals surface area contributed by atoms with Crippen LogP contribution in [-0.4, -0.2) is 42.1 Å². The van der Waals surface area contributed by atoms with Gasteiger partial charge in [0.1, 0.15) is 0 Å². The molecule has 0 fully saturated rings. The lowest BCUT2D eigenvalue weighted by Gasteiger charge is -2.37. The quantitative estimate of drug-likeness (QED) is 0.770. The summed E-state index contributed by atoms with van der Waals surface area (Å²) in [5.41, 5.74) is -1.25. The number of hydrogen-bond donors (Lipinski definition) is 0. The highest BCUT2D eigenvalue weighted by Crippen LogP contribution is 2.42. The first kappa shape index (κ1) is 18.3. The molecule has 4 nitrogen and oxygen atoms in total. The maximum Gasteiger partial charge on any atom is 0.411 e. The van der Waals surface area contributed by atoms with Crippen LogP contribution in [0.5, 0.6) is 0 Å². The molecule has 1 heterocycles. The molecule has 7 heteroatoms. The average Bonchev–Trinajstić information content (AvgIpc) is 2.86. The molecule has 0 radical (unpaired) electrons. The van der Waals surface area contributed by atoms with E-state index in [2.05, 4.69) is 9.73 Å². The number of methoxy groups -OCH3 is 1. The number of rotatable bonds is 5. The van der Waals surface area contributed by atoms with Crippen LogP contribution < -0.4 is 0 Å². The van der Waals surface area contributed by atoms with Gasteiger partial charge in [0.25, 0.3) is 0 Å². The Morgan fingerprint density at radius 2 is 1.96 bits per heavy atom. The molecule has 1 aliphatic heterocycles. The number of hydrogen-bond acceptors (Lipinski definition) is 4. The van der Waals surface area contributed by atoms with Gasteiger partial charge in [-0.15, -0.1) is 0 Å². The van der Waals surface area contributed by atoms with Gasteiger partial charge in [-0.05, 0) is 17.9 Å². The Morgan fingerprint density at radius 3 is 2.46 bits per heavy atom. The van der Waals surface area contributed by atoms with Crippen molar-refractivity contribution in [2.45, 2.75) is 44.6 Å². The zero-order chi connectivity index (χ0) is 18.0. The van der Waals surface area contributed by atoms with Crippen molar-refractivity contribution in [1.82, 2.24) is 4.90 Å². The molecule has 0 N–H and O–H groups in total. The van der Waals surface area contributed by atoms with Gasteiger partial charge in [-0.1, -0.05) is 44.2 Å². The van der Waals surface area contributed by atoms with E-state index < -0.39 is 23.7 Å². The molecular weight excluding hydrogens is 321 g/mol. The predicted octanol–water partition coefficient (Wildman–Crippen LogP) is 3.42. The number of carbonyl (C=O) groups is 1. The third-order valence-corrected chi connectivity index (χ3v) is 4.00. The first-order chi connectivity index (χ1) is 11.2. The van der Waals surface area contributed by atoms with Gasteiger partial charge in [-0.25, -0.2) is 4.79 Å². The van der Waals surface area contributed by atoms with E-state index in [1.54, 1.807) is 44.2 Å². The lowest BCUT2D eigenvalue weighted by atomic mass is 9.82. The molecule has 1 aromatic carbocycles. The van der Waals surface area contributed by atoms with E-state index in [0.29, 0.717) is 5.56 Å². The number of benzene rings is 1. The second-order valence-electron chi connectivity index (χ2n) is 6.36. The Balaban J connectivity index is 2.41. The van der Waals surface area contributed by atoms with Crippen LogP contribution in [-0.2, 0) is 16.1 Å². The van der Waals surface area contributed by atoms with Gasteiger partial charge in [0.2, 0.25) is 0 Å². The van der Waals surface area contributed by atoms with E-state index >= 15 is 0 Å². The Morgan fingerprint density at radius 1 is 1.33 bits per heavy atom. The van der Waals surface area contributed by atoms with Crippen LogP contribution in [0.1, 0.15) is 25.8 Å². The Hall–Kier alpha value is -2.05. The minimum Gasteiger partial charge on any atom is -0.467 e. The minimum absolute atomic E-state index is 0.0192. The molecule has 1 aromatic rings. The van der Waals surface area contributed by atoms with E-state index in [0.717, 1.165) is 18.3 Å². The summed E-state index contributed by atoms with van der Waals surface area (Å²) >= 11 is 0. The Bertz CT molecular complexity index is 602. The van der Waals surface area contributed by atoms with E-state index in [1.807, 2.05) is 0 Å². The molecule has 132 valence electrons. The fourth-order valence-corrected chi connectivity index (χ4v) is 3.19. The van der Waals surface area contributed by atoms with Crippen molar-refractivity contribution in [2.24, 2.45) is 10.9 Å². The fraction of sp³-hybridized carbons (Fsp3) is 0.529. The third kappa shape index (κ3) is 3.55. The van der Waals surface area contributed by atoms with Crippen LogP contribution in [0.15, 0.2) is 35.3 Å². The smallest absolute Gasteiger partial charge is 0.411 e. The van der Waals surface area contributed by atoms with Crippen molar-refractivity contribution in [3.05, 3.63) is 35.9 Å². The molecule has 1 aliphatic rings. The van der Waals surface area contributed by atoms with Crippen molar-refractivity contribution in [2.75, 3.05) is 7.11 Å². The number of esters is 1. The summed E-state index contributed by atoms with van der Waals surface area (Å²) in [6.45, 7) is 3.53. The van der Waals surface area contributed by atoms with Gasteiger partial charge in [0, 0.05) is 6.54 Å². The largest absolute Gasteiger partial charge is 0.467 e. The number of alkyl halides is 3. The highest BCUT2D eigenvalue weighted by Gasteiger charge is 2.63. The minimum atomic E-state index is -4.62. The molecule has 0 saturated carbocycles. The summed E-state index contributed by atoms with van der Waals surface area (Å²) in [5.74, 6) is -1.10. The molecule has 0 aliphatic carbocycles. The average molecular weight is 342 g/mol. The van der Waals surface area contributed by atoms with Gasteiger partial charge in [-0.3, -0.25) is 4.99 Å². The standard InChI is InChI=1S/C17H21F3N2O2/c1-12(2)9-16(15(23)24-3)14(17(18,19)20)22(11-21-16)10-13-7-5-4-6-8-13/h4-8,11-12,14H,9-10H2,1-3H3. The SMILES string of the molecule is COC(=O)C1(CC(C)C)N=CN(Cc2ccccc2)C1C(F)(F)F. The summed E-state index contributed by atoms with van der Waals surface area (Å²) in [7, 11) is 1.09. The van der Waals surface area contributed by atoms with Crippen LogP contribution in [0.3, 0.4) is 0 Å². The van der Waals surface area contributed by atoms with E-state index in [4.69, 9.17) is 0 Å². The number of halogens is 3. The van der Waals surface area contributed by atoms with Crippen molar-refractivity contribution in [3.63, 3.8) is 0 Å². The van der Waals surface area contributed by atoms with Crippen molar-refractivity contribution >= 4 is 12.3 Å². The molecule has 0 spiro atoms. The molecule has 2 unspecified atom stereocenters. The van der Waals surface area contributed by atoms with Gasteiger partial charge >= 0.3 is 12.1 Å². The first-order valence-corrected chi connectivity index (χ1v) is 7.71. The maximum atomic E-state index is 13.8. The highest BCUT2D eigenvalue weighted by atomic mass is 19.4. The molecular formula is C17H21F3N2O2. The maximum absolute atomic E-state index is 13.8. The van der Waals surface area contributed by atoms with Gasteiger partial charge in [0.05, 0.1) is 13.4 Å². The van der Waals surface area contributed by atoms with Crippen molar-refractivity contribution in [1.29, 1.82) is 0 Å². The monoisotopic (exact) mass is 342 g/mol. The van der Waals surface area contributed by atoms with E-state index in [-0.39, 0.29) is 18.9 Å². The molecule has 2 rings (SSSR count). The van der Waals surface area contributed by atoms with Gasteiger partial charge in [0.15, 0.2) is 11.6 Å². The predicted molar refractivity (Wildman–Crippen MR) is 84.5 cm³/mol. The first-order valence-electron chi connectivity index (χ1n) is 7.71. The third-order valence-electron chi connectivity index (χ3n) is 4.00. The zero-order valence-corrected chi connectivity index (χ0v) is 13.9. The van der Waals surface area contributed by atoms with Crippen LogP contribution in [0.2, 0.25) is 0 Å². The summed E-state index contributed by atoms with van der Waals surface area (Å²) in [4.78, 5) is 17.4. The second kappa shape index (κ2) is 6.83. The number of ether oxygens (including phenoxy) is 1. The Kier molecular flexibility index (Phi) is 5.20. The van der Waals surface area contributed by atoms with Crippen molar-refractivity contribution in [3.8, 4) is 0 Å². The molecule has 2 atom stereocenters. The van der Waals surface area contributed by atoms with Crippen molar-refractivity contribution < 1.29 is 22.7 Å². The number of carbonyl (C=O) groups excluding carboxylic acids is 1.